The van der Waals surface area contributed by atoms with Gasteiger partial charge in [-0.3, -0.25) is 0 Å². The monoisotopic (exact) mass is 317 g/mol. The lowest BCUT2D eigenvalue weighted by atomic mass is 9.75. The topological polar surface area (TPSA) is 37.8 Å². The number of nitrogens with zero attached hydrogens (tertiary/aromatic N) is 2. The minimum Gasteiger partial charge on any atom is -0.354 e. The molecule has 0 atom stereocenters. The van der Waals surface area contributed by atoms with Crippen molar-refractivity contribution in [3.63, 3.8) is 0 Å². The molecule has 0 bridgehead atoms. The van der Waals surface area contributed by atoms with Crippen LogP contribution in [0.15, 0.2) is 16.9 Å². The minimum absolute atomic E-state index is 0.232. The van der Waals surface area contributed by atoms with Gasteiger partial charge in [-0.15, -0.1) is 11.6 Å². The third-order valence-corrected chi connectivity index (χ3v) is 4.42. The Morgan fingerprint density at radius 3 is 2.47 bits per heavy atom. The summed E-state index contributed by atoms with van der Waals surface area (Å²) in [6.45, 7) is 0.873. The average Bonchev–Trinajstić information content (AvgIpc) is 2.39. The molecule has 0 spiro atoms. The van der Waals surface area contributed by atoms with E-state index < -0.39 is 0 Å². The molecule has 1 N–H and O–H groups in total. The number of halogens is 2. The van der Waals surface area contributed by atoms with Crippen LogP contribution in [0.4, 0.5) is 5.95 Å². The maximum atomic E-state index is 6.14. The standard InChI is InChI=1S/C12H17BrClN3/c13-10-6-15-11(16-7-10)17-9-12(8-14)4-2-1-3-5-12/h6-7H,1-5,8-9H2,(H,15,16,17). The molecule has 0 unspecified atom stereocenters. The van der Waals surface area contributed by atoms with Crippen molar-refractivity contribution in [3.05, 3.63) is 16.9 Å². The number of alkyl halides is 1. The Kier molecular flexibility index (Phi) is 4.62. The van der Waals surface area contributed by atoms with Crippen molar-refractivity contribution in [1.82, 2.24) is 9.97 Å². The molecule has 1 fully saturated rings. The molecule has 1 aliphatic rings. The Bertz CT molecular complexity index is 349. The molecule has 0 amide bonds. The van der Waals surface area contributed by atoms with Gasteiger partial charge in [-0.2, -0.15) is 0 Å². The maximum absolute atomic E-state index is 6.14. The van der Waals surface area contributed by atoms with Gasteiger partial charge in [0, 0.05) is 30.2 Å². The molecule has 0 aliphatic heterocycles. The van der Waals surface area contributed by atoms with Crippen molar-refractivity contribution >= 4 is 33.5 Å². The summed E-state index contributed by atoms with van der Waals surface area (Å²) in [7, 11) is 0. The van der Waals surface area contributed by atoms with Crippen LogP contribution in [-0.2, 0) is 0 Å². The molecule has 0 saturated heterocycles. The lowest BCUT2D eigenvalue weighted by Gasteiger charge is -2.35. The summed E-state index contributed by atoms with van der Waals surface area (Å²) in [5.41, 5.74) is 0.232. The second-order valence-corrected chi connectivity index (χ2v) is 5.96. The van der Waals surface area contributed by atoms with Gasteiger partial charge in [0.2, 0.25) is 5.95 Å². The molecule has 2 rings (SSSR count). The number of rotatable bonds is 4. The molecule has 1 aromatic rings. The predicted molar refractivity (Wildman–Crippen MR) is 74.5 cm³/mol. The fourth-order valence-corrected chi connectivity index (χ4v) is 2.90. The summed E-state index contributed by atoms with van der Waals surface area (Å²) < 4.78 is 0.896. The van der Waals surface area contributed by atoms with Gasteiger partial charge < -0.3 is 5.32 Å². The van der Waals surface area contributed by atoms with E-state index in [9.17, 15) is 0 Å². The first-order chi connectivity index (χ1) is 8.24. The van der Waals surface area contributed by atoms with E-state index in [-0.39, 0.29) is 5.41 Å². The van der Waals surface area contributed by atoms with E-state index in [0.29, 0.717) is 5.95 Å². The van der Waals surface area contributed by atoms with E-state index in [0.717, 1.165) is 16.9 Å². The summed E-state index contributed by atoms with van der Waals surface area (Å²) in [6.07, 6.45) is 9.84. The van der Waals surface area contributed by atoms with Crippen molar-refractivity contribution in [1.29, 1.82) is 0 Å². The Balaban J connectivity index is 1.93. The summed E-state index contributed by atoms with van der Waals surface area (Å²) in [6, 6.07) is 0. The van der Waals surface area contributed by atoms with Crippen LogP contribution >= 0.6 is 27.5 Å². The second-order valence-electron chi connectivity index (χ2n) is 4.77. The van der Waals surface area contributed by atoms with E-state index >= 15 is 0 Å². The van der Waals surface area contributed by atoms with Crippen LogP contribution in [-0.4, -0.2) is 22.4 Å². The quantitative estimate of drug-likeness (QED) is 0.857. The molecule has 1 aromatic heterocycles. The maximum Gasteiger partial charge on any atom is 0.222 e. The number of nitrogens with one attached hydrogen (secondary N) is 1. The molecule has 17 heavy (non-hydrogen) atoms. The van der Waals surface area contributed by atoms with Crippen LogP contribution in [0.3, 0.4) is 0 Å². The van der Waals surface area contributed by atoms with Crippen LogP contribution < -0.4 is 5.32 Å². The van der Waals surface area contributed by atoms with Crippen molar-refractivity contribution in [2.75, 3.05) is 17.7 Å². The fraction of sp³-hybridized carbons (Fsp3) is 0.667. The molecule has 5 heteroatoms. The van der Waals surface area contributed by atoms with Gasteiger partial charge in [0.25, 0.3) is 0 Å². The van der Waals surface area contributed by atoms with Gasteiger partial charge >= 0.3 is 0 Å². The Labute approximate surface area is 116 Å². The van der Waals surface area contributed by atoms with Gasteiger partial charge in [-0.05, 0) is 28.8 Å². The first-order valence-electron chi connectivity index (χ1n) is 6.01. The van der Waals surface area contributed by atoms with Gasteiger partial charge in [-0.25, -0.2) is 9.97 Å². The first-order valence-corrected chi connectivity index (χ1v) is 7.34. The number of hydrogen-bond acceptors (Lipinski definition) is 3. The van der Waals surface area contributed by atoms with Gasteiger partial charge in [0.05, 0.1) is 4.47 Å². The van der Waals surface area contributed by atoms with Gasteiger partial charge in [0.1, 0.15) is 0 Å². The molecule has 0 radical (unpaired) electrons. The summed E-state index contributed by atoms with van der Waals surface area (Å²) in [5, 5.41) is 3.31. The lowest BCUT2D eigenvalue weighted by Crippen LogP contribution is -2.34. The fourth-order valence-electron chi connectivity index (χ4n) is 2.33. The Morgan fingerprint density at radius 1 is 1.24 bits per heavy atom. The predicted octanol–water partition coefficient (Wildman–Crippen LogP) is 3.84. The average molecular weight is 319 g/mol. The highest BCUT2D eigenvalue weighted by Crippen LogP contribution is 2.37. The van der Waals surface area contributed by atoms with Crippen LogP contribution in [0, 0.1) is 5.41 Å². The van der Waals surface area contributed by atoms with Crippen LogP contribution in [0.2, 0.25) is 0 Å². The van der Waals surface area contributed by atoms with Crippen molar-refractivity contribution < 1.29 is 0 Å². The molecule has 94 valence electrons. The van der Waals surface area contributed by atoms with Crippen molar-refractivity contribution in [2.24, 2.45) is 5.41 Å². The van der Waals surface area contributed by atoms with E-state index in [2.05, 4.69) is 31.2 Å². The summed E-state index contributed by atoms with van der Waals surface area (Å²) in [5.74, 6) is 1.40. The number of aromatic nitrogens is 2. The Hall–Kier alpha value is -0.350. The van der Waals surface area contributed by atoms with Crippen molar-refractivity contribution in [2.45, 2.75) is 32.1 Å². The van der Waals surface area contributed by atoms with Crippen molar-refractivity contribution in [3.8, 4) is 0 Å². The minimum atomic E-state index is 0.232. The van der Waals surface area contributed by atoms with Crippen LogP contribution in [0.1, 0.15) is 32.1 Å². The SMILES string of the molecule is ClCC1(CNc2ncc(Br)cn2)CCCCC1. The summed E-state index contributed by atoms with van der Waals surface area (Å²) in [4.78, 5) is 8.43. The molecule has 0 aromatic carbocycles. The highest BCUT2D eigenvalue weighted by molar-refractivity contribution is 9.10. The Morgan fingerprint density at radius 2 is 1.88 bits per heavy atom. The number of hydrogen-bond donors (Lipinski definition) is 1. The molecular weight excluding hydrogens is 302 g/mol. The van der Waals surface area contributed by atoms with E-state index in [1.807, 2.05) is 0 Å². The third-order valence-electron chi connectivity index (χ3n) is 3.44. The van der Waals surface area contributed by atoms with E-state index in [1.165, 1.54) is 32.1 Å². The molecule has 3 nitrogen and oxygen atoms in total. The lowest BCUT2D eigenvalue weighted by molar-refractivity contribution is 0.237. The normalized spacial score (nSPS) is 18.9. The van der Waals surface area contributed by atoms with E-state index in [1.54, 1.807) is 12.4 Å². The highest BCUT2D eigenvalue weighted by atomic mass is 79.9. The third kappa shape index (κ3) is 3.55. The zero-order valence-corrected chi connectivity index (χ0v) is 12.1. The highest BCUT2D eigenvalue weighted by Gasteiger charge is 2.31. The molecule has 1 heterocycles. The first kappa shape index (κ1) is 13.1. The molecular formula is C12H17BrClN3. The molecule has 1 saturated carbocycles. The van der Waals surface area contributed by atoms with Crippen LogP contribution in [0.5, 0.6) is 0 Å². The zero-order valence-electron chi connectivity index (χ0n) is 9.75. The molecule has 1 aliphatic carbocycles. The van der Waals surface area contributed by atoms with Crippen LogP contribution in [0.25, 0.3) is 0 Å². The number of anilines is 1. The van der Waals surface area contributed by atoms with Gasteiger partial charge in [-0.1, -0.05) is 19.3 Å². The zero-order chi connectivity index (χ0) is 12.1. The summed E-state index contributed by atoms with van der Waals surface area (Å²) >= 11 is 9.46. The largest absolute Gasteiger partial charge is 0.354 e. The second kappa shape index (κ2) is 6.01. The smallest absolute Gasteiger partial charge is 0.222 e. The van der Waals surface area contributed by atoms with E-state index in [4.69, 9.17) is 11.6 Å². The van der Waals surface area contributed by atoms with Gasteiger partial charge in [0.15, 0.2) is 0 Å².